The maximum Gasteiger partial charge on any atom is 0.243 e. The first kappa shape index (κ1) is 26.0. The molecular formula is C25H36N4O4S. The van der Waals surface area contributed by atoms with Crippen LogP contribution in [0.2, 0.25) is 0 Å². The van der Waals surface area contributed by atoms with E-state index in [2.05, 4.69) is 34.3 Å². The Labute approximate surface area is 203 Å². The Morgan fingerprint density at radius 3 is 2.21 bits per heavy atom. The largest absolute Gasteiger partial charge is 0.497 e. The van der Waals surface area contributed by atoms with Crippen LogP contribution in [-0.4, -0.2) is 77.5 Å². The molecule has 1 aliphatic rings. The molecule has 0 saturated carbocycles. The molecule has 1 N–H and O–H groups in total. The van der Waals surface area contributed by atoms with Crippen molar-refractivity contribution in [3.8, 4) is 5.75 Å². The fraction of sp³-hybridized carbons (Fsp3) is 0.480. The first-order valence-corrected chi connectivity index (χ1v) is 13.0. The van der Waals surface area contributed by atoms with E-state index in [1.807, 2.05) is 12.1 Å². The molecule has 2 aromatic carbocycles. The van der Waals surface area contributed by atoms with Crippen molar-refractivity contribution in [2.24, 2.45) is 0 Å². The summed E-state index contributed by atoms with van der Waals surface area (Å²) in [7, 11) is 1.47. The van der Waals surface area contributed by atoms with Gasteiger partial charge >= 0.3 is 0 Å². The van der Waals surface area contributed by atoms with Crippen molar-refractivity contribution in [1.29, 1.82) is 0 Å². The topological polar surface area (TPSA) is 82.2 Å². The Balaban J connectivity index is 1.51. The van der Waals surface area contributed by atoms with Crippen LogP contribution in [0.15, 0.2) is 41.3 Å². The third-order valence-electron chi connectivity index (χ3n) is 6.29. The molecule has 8 nitrogen and oxygen atoms in total. The van der Waals surface area contributed by atoms with Gasteiger partial charge in [0, 0.05) is 58.4 Å². The number of amides is 1. The van der Waals surface area contributed by atoms with Crippen LogP contribution in [0, 0.1) is 13.8 Å². The van der Waals surface area contributed by atoms with Crippen molar-refractivity contribution in [3.63, 3.8) is 0 Å². The minimum Gasteiger partial charge on any atom is -0.497 e. The van der Waals surface area contributed by atoms with Crippen LogP contribution in [0.25, 0.3) is 0 Å². The standard InChI is InChI=1S/C25H36N4O4S/c1-19-16-23(33-5)17-20(2)25(19)34(31,32)28(4)11-10-24(30)26-18-21-6-8-22(9-7-21)29-14-12-27(3)13-15-29/h6-9,16-17H,10-15,18H2,1-5H3,(H,26,30). The minimum atomic E-state index is -3.72. The molecule has 0 radical (unpaired) electrons. The van der Waals surface area contributed by atoms with E-state index in [4.69, 9.17) is 4.74 Å². The molecule has 3 rings (SSSR count). The van der Waals surface area contributed by atoms with Crippen molar-refractivity contribution in [2.75, 3.05) is 58.8 Å². The van der Waals surface area contributed by atoms with E-state index in [1.165, 1.54) is 17.0 Å². The van der Waals surface area contributed by atoms with Crippen LogP contribution in [-0.2, 0) is 21.4 Å². The number of nitrogens with zero attached hydrogens (tertiary/aromatic N) is 3. The van der Waals surface area contributed by atoms with Gasteiger partial charge in [0.1, 0.15) is 5.75 Å². The number of methoxy groups -OCH3 is 1. The average Bonchev–Trinajstić information content (AvgIpc) is 2.81. The molecule has 1 heterocycles. The van der Waals surface area contributed by atoms with E-state index in [0.717, 1.165) is 31.7 Å². The normalized spacial score (nSPS) is 14.9. The van der Waals surface area contributed by atoms with Crippen molar-refractivity contribution < 1.29 is 17.9 Å². The Kier molecular flexibility index (Phi) is 8.57. The lowest BCUT2D eigenvalue weighted by molar-refractivity contribution is -0.121. The summed E-state index contributed by atoms with van der Waals surface area (Å²) in [5.41, 5.74) is 3.44. The van der Waals surface area contributed by atoms with Crippen molar-refractivity contribution in [1.82, 2.24) is 14.5 Å². The second-order valence-electron chi connectivity index (χ2n) is 8.90. The Morgan fingerprint density at radius 2 is 1.65 bits per heavy atom. The molecule has 0 bridgehead atoms. The van der Waals surface area contributed by atoms with Gasteiger partial charge in [-0.25, -0.2) is 12.7 Å². The smallest absolute Gasteiger partial charge is 0.243 e. The third-order valence-corrected chi connectivity index (χ3v) is 8.45. The van der Waals surface area contributed by atoms with Crippen molar-refractivity contribution in [3.05, 3.63) is 53.1 Å². The minimum absolute atomic E-state index is 0.0867. The molecular weight excluding hydrogens is 452 g/mol. The zero-order chi connectivity index (χ0) is 24.9. The summed E-state index contributed by atoms with van der Waals surface area (Å²) in [4.78, 5) is 17.3. The van der Waals surface area contributed by atoms with Gasteiger partial charge in [0.25, 0.3) is 0 Å². The van der Waals surface area contributed by atoms with Gasteiger partial charge in [-0.3, -0.25) is 4.79 Å². The number of anilines is 1. The summed E-state index contributed by atoms with van der Waals surface area (Å²) >= 11 is 0. The van der Waals surface area contributed by atoms with Gasteiger partial charge in [-0.15, -0.1) is 0 Å². The van der Waals surface area contributed by atoms with Crippen LogP contribution >= 0.6 is 0 Å². The fourth-order valence-electron chi connectivity index (χ4n) is 4.15. The van der Waals surface area contributed by atoms with E-state index >= 15 is 0 Å². The summed E-state index contributed by atoms with van der Waals surface area (Å²) in [5.74, 6) is 0.431. The highest BCUT2D eigenvalue weighted by atomic mass is 32.2. The number of benzene rings is 2. The van der Waals surface area contributed by atoms with E-state index < -0.39 is 10.0 Å². The summed E-state index contributed by atoms with van der Waals surface area (Å²) < 4.78 is 32.6. The Morgan fingerprint density at radius 1 is 1.06 bits per heavy atom. The van der Waals surface area contributed by atoms with Crippen LogP contribution in [0.1, 0.15) is 23.1 Å². The third kappa shape index (κ3) is 6.28. The predicted molar refractivity (Wildman–Crippen MR) is 135 cm³/mol. The highest BCUT2D eigenvalue weighted by Gasteiger charge is 2.25. The highest BCUT2D eigenvalue weighted by Crippen LogP contribution is 2.27. The van der Waals surface area contributed by atoms with E-state index in [0.29, 0.717) is 23.4 Å². The summed E-state index contributed by atoms with van der Waals surface area (Å²) in [5, 5.41) is 2.89. The van der Waals surface area contributed by atoms with Gasteiger partial charge in [0.2, 0.25) is 15.9 Å². The van der Waals surface area contributed by atoms with Gasteiger partial charge in [0.15, 0.2) is 0 Å². The number of rotatable bonds is 9. The highest BCUT2D eigenvalue weighted by molar-refractivity contribution is 7.89. The Hall–Kier alpha value is -2.62. The molecule has 0 aliphatic carbocycles. The molecule has 0 unspecified atom stereocenters. The number of carbonyl (C=O) groups is 1. The fourth-order valence-corrected chi connectivity index (χ4v) is 5.72. The number of likely N-dealkylation sites (N-methyl/N-ethyl adjacent to an activating group) is 1. The van der Waals surface area contributed by atoms with Crippen molar-refractivity contribution in [2.45, 2.75) is 31.7 Å². The molecule has 34 heavy (non-hydrogen) atoms. The van der Waals surface area contributed by atoms with E-state index in [-0.39, 0.29) is 23.8 Å². The second-order valence-corrected chi connectivity index (χ2v) is 10.9. The first-order chi connectivity index (χ1) is 16.1. The number of hydrogen-bond acceptors (Lipinski definition) is 6. The maximum absolute atomic E-state index is 13.1. The van der Waals surface area contributed by atoms with E-state index in [9.17, 15) is 13.2 Å². The molecule has 186 valence electrons. The van der Waals surface area contributed by atoms with E-state index in [1.54, 1.807) is 33.1 Å². The Bertz CT molecular complexity index is 1070. The number of nitrogens with one attached hydrogen (secondary N) is 1. The van der Waals surface area contributed by atoms with Gasteiger partial charge in [0.05, 0.1) is 12.0 Å². The summed E-state index contributed by atoms with van der Waals surface area (Å²) in [6.45, 7) is 8.14. The van der Waals surface area contributed by atoms with Crippen LogP contribution in [0.3, 0.4) is 0 Å². The lowest BCUT2D eigenvalue weighted by atomic mass is 10.1. The quantitative estimate of drug-likeness (QED) is 0.584. The number of carbonyl (C=O) groups excluding carboxylic acids is 1. The molecule has 9 heteroatoms. The molecule has 2 aromatic rings. The summed E-state index contributed by atoms with van der Waals surface area (Å²) in [6.07, 6.45) is 0.0867. The number of sulfonamides is 1. The molecule has 0 atom stereocenters. The lowest BCUT2D eigenvalue weighted by Gasteiger charge is -2.34. The lowest BCUT2D eigenvalue weighted by Crippen LogP contribution is -2.44. The van der Waals surface area contributed by atoms with Gasteiger partial charge in [-0.05, 0) is 61.9 Å². The van der Waals surface area contributed by atoms with Gasteiger partial charge in [-0.2, -0.15) is 0 Å². The molecule has 1 amide bonds. The molecule has 1 fully saturated rings. The zero-order valence-corrected chi connectivity index (χ0v) is 21.6. The predicted octanol–water partition coefficient (Wildman–Crippen LogP) is 2.39. The second kappa shape index (κ2) is 11.2. The number of piperazine rings is 1. The SMILES string of the molecule is COc1cc(C)c(S(=O)(=O)N(C)CCC(=O)NCc2ccc(N3CCN(C)CC3)cc2)c(C)c1. The maximum atomic E-state index is 13.1. The number of hydrogen-bond donors (Lipinski definition) is 1. The average molecular weight is 489 g/mol. The molecule has 0 spiro atoms. The van der Waals surface area contributed by atoms with Crippen LogP contribution < -0.4 is 15.0 Å². The molecule has 1 saturated heterocycles. The van der Waals surface area contributed by atoms with Crippen LogP contribution in [0.4, 0.5) is 5.69 Å². The molecule has 0 aromatic heterocycles. The molecule has 1 aliphatic heterocycles. The number of aryl methyl sites for hydroxylation is 2. The monoisotopic (exact) mass is 488 g/mol. The van der Waals surface area contributed by atoms with Gasteiger partial charge in [-0.1, -0.05) is 12.1 Å². The first-order valence-electron chi connectivity index (χ1n) is 11.5. The number of ether oxygens (including phenoxy) is 1. The van der Waals surface area contributed by atoms with Crippen molar-refractivity contribution >= 4 is 21.6 Å². The summed E-state index contributed by atoms with van der Waals surface area (Å²) in [6, 6.07) is 11.6. The zero-order valence-electron chi connectivity index (χ0n) is 20.8. The van der Waals surface area contributed by atoms with Gasteiger partial charge < -0.3 is 19.9 Å². The van der Waals surface area contributed by atoms with Crippen LogP contribution in [0.5, 0.6) is 5.75 Å².